The minimum absolute atomic E-state index is 0.0501. The van der Waals surface area contributed by atoms with Crippen LogP contribution in [0.3, 0.4) is 0 Å². The summed E-state index contributed by atoms with van der Waals surface area (Å²) >= 11 is 1.67. The van der Waals surface area contributed by atoms with Crippen molar-refractivity contribution in [1.82, 2.24) is 25.1 Å². The fraction of sp³-hybridized carbons (Fsp3) is 0.438. The van der Waals surface area contributed by atoms with Crippen molar-refractivity contribution in [3.05, 3.63) is 30.3 Å². The molecule has 0 aliphatic carbocycles. The van der Waals surface area contributed by atoms with Gasteiger partial charge in [0.1, 0.15) is 6.04 Å². The van der Waals surface area contributed by atoms with E-state index in [1.807, 2.05) is 30.3 Å². The number of benzene rings is 1. The number of carbonyl (C=O) groups is 2. The van der Waals surface area contributed by atoms with E-state index in [1.165, 1.54) is 4.80 Å². The van der Waals surface area contributed by atoms with Gasteiger partial charge in [-0.05, 0) is 12.1 Å². The van der Waals surface area contributed by atoms with Gasteiger partial charge < -0.3 is 10.0 Å². The second kappa shape index (κ2) is 7.64. The molecule has 25 heavy (non-hydrogen) atoms. The van der Waals surface area contributed by atoms with Crippen LogP contribution >= 0.6 is 11.8 Å². The van der Waals surface area contributed by atoms with E-state index in [0.717, 1.165) is 11.3 Å². The summed E-state index contributed by atoms with van der Waals surface area (Å²) in [6.45, 7) is 2.24. The lowest BCUT2D eigenvalue weighted by Crippen LogP contribution is -2.49. The van der Waals surface area contributed by atoms with E-state index >= 15 is 0 Å². The van der Waals surface area contributed by atoms with E-state index in [-0.39, 0.29) is 18.4 Å². The number of rotatable bonds is 5. The van der Waals surface area contributed by atoms with Gasteiger partial charge in [-0.1, -0.05) is 30.3 Å². The van der Waals surface area contributed by atoms with Crippen molar-refractivity contribution < 1.29 is 14.7 Å². The standard InChI is InChI=1S/C16H19N5O3S/c1-11(16(24)20-7-8-25-10-13(20)9-14(22)23)21-18-15(17-19-21)12-5-3-2-4-6-12/h2-6,11,13H,7-10H2,1H3,(H,22,23). The molecule has 2 aromatic rings. The van der Waals surface area contributed by atoms with E-state index in [2.05, 4.69) is 15.4 Å². The maximum absolute atomic E-state index is 12.8. The maximum Gasteiger partial charge on any atom is 0.305 e. The highest BCUT2D eigenvalue weighted by molar-refractivity contribution is 7.99. The molecule has 0 saturated carbocycles. The molecule has 0 bridgehead atoms. The van der Waals surface area contributed by atoms with E-state index in [1.54, 1.807) is 23.6 Å². The zero-order chi connectivity index (χ0) is 17.8. The Labute approximate surface area is 149 Å². The highest BCUT2D eigenvalue weighted by atomic mass is 32.2. The molecule has 2 unspecified atom stereocenters. The third-order valence-corrected chi connectivity index (χ3v) is 5.18. The van der Waals surface area contributed by atoms with Gasteiger partial charge in [-0.25, -0.2) is 0 Å². The molecular formula is C16H19N5O3S. The molecule has 132 valence electrons. The lowest BCUT2D eigenvalue weighted by Gasteiger charge is -2.35. The number of hydrogen-bond donors (Lipinski definition) is 1. The van der Waals surface area contributed by atoms with Crippen LogP contribution in [0.1, 0.15) is 19.4 Å². The van der Waals surface area contributed by atoms with E-state index < -0.39 is 12.0 Å². The monoisotopic (exact) mass is 361 g/mol. The number of tetrazole rings is 1. The number of nitrogens with zero attached hydrogens (tertiary/aromatic N) is 5. The van der Waals surface area contributed by atoms with Gasteiger partial charge in [0.2, 0.25) is 11.7 Å². The number of hydrogen-bond acceptors (Lipinski definition) is 6. The predicted molar refractivity (Wildman–Crippen MR) is 93.0 cm³/mol. The summed E-state index contributed by atoms with van der Waals surface area (Å²) in [5.41, 5.74) is 0.825. The predicted octanol–water partition coefficient (Wildman–Crippen LogP) is 1.32. The number of aromatic nitrogens is 4. The van der Waals surface area contributed by atoms with Crippen LogP contribution in [0.4, 0.5) is 0 Å². The molecule has 1 N–H and O–H groups in total. The van der Waals surface area contributed by atoms with Crippen molar-refractivity contribution in [2.24, 2.45) is 0 Å². The Bertz CT molecular complexity index is 751. The SMILES string of the molecule is CC(C(=O)N1CCSCC1CC(=O)O)n1nnc(-c2ccccc2)n1. The number of aliphatic carboxylic acids is 1. The summed E-state index contributed by atoms with van der Waals surface area (Å²) < 4.78 is 0. The molecule has 1 aliphatic rings. The first-order valence-electron chi connectivity index (χ1n) is 8.01. The Morgan fingerprint density at radius 3 is 2.84 bits per heavy atom. The van der Waals surface area contributed by atoms with Gasteiger partial charge in [0, 0.05) is 23.6 Å². The van der Waals surface area contributed by atoms with Crippen LogP contribution in [0.2, 0.25) is 0 Å². The Kier molecular flexibility index (Phi) is 5.32. The molecule has 1 fully saturated rings. The fourth-order valence-electron chi connectivity index (χ4n) is 2.75. The van der Waals surface area contributed by atoms with Gasteiger partial charge in [0.15, 0.2) is 0 Å². The first-order valence-corrected chi connectivity index (χ1v) is 9.16. The molecule has 0 radical (unpaired) electrons. The smallest absolute Gasteiger partial charge is 0.305 e. The van der Waals surface area contributed by atoms with Gasteiger partial charge >= 0.3 is 5.97 Å². The van der Waals surface area contributed by atoms with Gasteiger partial charge in [-0.3, -0.25) is 9.59 Å². The molecular weight excluding hydrogens is 342 g/mol. The average molecular weight is 361 g/mol. The molecule has 0 spiro atoms. The highest BCUT2D eigenvalue weighted by Crippen LogP contribution is 2.22. The highest BCUT2D eigenvalue weighted by Gasteiger charge is 2.33. The lowest BCUT2D eigenvalue weighted by atomic mass is 10.1. The minimum Gasteiger partial charge on any atom is -0.481 e. The third kappa shape index (κ3) is 3.98. The Balaban J connectivity index is 1.75. The first-order chi connectivity index (χ1) is 12.1. The number of carboxylic acids is 1. The molecule has 2 heterocycles. The van der Waals surface area contributed by atoms with E-state index in [9.17, 15) is 9.59 Å². The van der Waals surface area contributed by atoms with Crippen molar-refractivity contribution in [3.8, 4) is 11.4 Å². The zero-order valence-corrected chi connectivity index (χ0v) is 14.6. The van der Waals surface area contributed by atoms with Crippen molar-refractivity contribution in [3.63, 3.8) is 0 Å². The molecule has 3 rings (SSSR count). The molecule has 8 nitrogen and oxygen atoms in total. The van der Waals surface area contributed by atoms with Gasteiger partial charge in [-0.15, -0.1) is 10.2 Å². The molecule has 2 atom stereocenters. The molecule has 1 saturated heterocycles. The van der Waals surface area contributed by atoms with Crippen LogP contribution in [0.5, 0.6) is 0 Å². The van der Waals surface area contributed by atoms with Crippen LogP contribution < -0.4 is 0 Å². The lowest BCUT2D eigenvalue weighted by molar-refractivity contribution is -0.141. The largest absolute Gasteiger partial charge is 0.481 e. The van der Waals surface area contributed by atoms with Crippen LogP contribution in [0.25, 0.3) is 11.4 Å². The Morgan fingerprint density at radius 2 is 2.12 bits per heavy atom. The van der Waals surface area contributed by atoms with Crippen LogP contribution in [0, 0.1) is 0 Å². The summed E-state index contributed by atoms with van der Waals surface area (Å²) in [5.74, 6) is 0.808. The van der Waals surface area contributed by atoms with Gasteiger partial charge in [0.25, 0.3) is 0 Å². The Hall–Kier alpha value is -2.42. The van der Waals surface area contributed by atoms with E-state index in [4.69, 9.17) is 5.11 Å². The normalized spacial score (nSPS) is 18.8. The Morgan fingerprint density at radius 1 is 1.36 bits per heavy atom. The fourth-order valence-corrected chi connectivity index (χ4v) is 3.81. The summed E-state index contributed by atoms with van der Waals surface area (Å²) in [5, 5.41) is 21.4. The summed E-state index contributed by atoms with van der Waals surface area (Å²) in [4.78, 5) is 26.8. The van der Waals surface area contributed by atoms with Crippen LogP contribution in [-0.4, -0.2) is 66.2 Å². The topological polar surface area (TPSA) is 101 Å². The number of thioether (sulfide) groups is 1. The van der Waals surface area contributed by atoms with Crippen molar-refractivity contribution in [2.45, 2.75) is 25.4 Å². The van der Waals surface area contributed by atoms with Crippen LogP contribution in [-0.2, 0) is 9.59 Å². The molecule has 1 aromatic carbocycles. The second-order valence-electron chi connectivity index (χ2n) is 5.83. The van der Waals surface area contributed by atoms with Crippen molar-refractivity contribution >= 4 is 23.6 Å². The van der Waals surface area contributed by atoms with Crippen LogP contribution in [0.15, 0.2) is 30.3 Å². The average Bonchev–Trinajstić information content (AvgIpc) is 3.11. The summed E-state index contributed by atoms with van der Waals surface area (Å²) in [6, 6.07) is 8.47. The first kappa shape index (κ1) is 17.4. The maximum atomic E-state index is 12.8. The quantitative estimate of drug-likeness (QED) is 0.857. The van der Waals surface area contributed by atoms with E-state index in [0.29, 0.717) is 18.1 Å². The molecule has 1 amide bonds. The molecule has 1 aliphatic heterocycles. The third-order valence-electron chi connectivity index (χ3n) is 4.08. The second-order valence-corrected chi connectivity index (χ2v) is 6.98. The van der Waals surface area contributed by atoms with Gasteiger partial charge in [0.05, 0.1) is 12.5 Å². The van der Waals surface area contributed by atoms with Crippen molar-refractivity contribution in [2.75, 3.05) is 18.1 Å². The minimum atomic E-state index is -0.900. The number of carboxylic acid groups (broad SMARTS) is 1. The molecule has 9 heteroatoms. The number of amides is 1. The zero-order valence-electron chi connectivity index (χ0n) is 13.8. The summed E-state index contributed by atoms with van der Waals surface area (Å²) in [6.07, 6.45) is -0.0501. The van der Waals surface area contributed by atoms with Crippen molar-refractivity contribution in [1.29, 1.82) is 0 Å². The number of carbonyl (C=O) groups excluding carboxylic acids is 1. The summed E-state index contributed by atoms with van der Waals surface area (Å²) in [7, 11) is 0. The molecule has 1 aromatic heterocycles. The van der Waals surface area contributed by atoms with Gasteiger partial charge in [-0.2, -0.15) is 16.6 Å².